The molecule has 40 heavy (non-hydrogen) atoms. The Balaban J connectivity index is 0.00000187. The number of aromatic nitrogens is 2. The minimum Gasteiger partial charge on any atom is -0.330 e. The van der Waals surface area contributed by atoms with Crippen molar-refractivity contribution in [2.24, 2.45) is 5.73 Å². The molecule has 0 fully saturated rings. The highest BCUT2D eigenvalue weighted by Gasteiger charge is 2.26. The highest BCUT2D eigenvalue weighted by Crippen LogP contribution is 2.36. The molecule has 2 aromatic carbocycles. The summed E-state index contributed by atoms with van der Waals surface area (Å²) in [5.74, 6) is 0. The highest BCUT2D eigenvalue weighted by atomic mass is 35.5. The molecule has 3 N–H and O–H groups in total. The SMILES string of the molecule is Cl.Cl.Cl.NCCCCCCCCCCCCNCc1c2c(nc3ccccc13)-c1cc3ccccc3c(=O)n1C2. The lowest BCUT2D eigenvalue weighted by atomic mass is 10.00. The Morgan fingerprint density at radius 1 is 0.775 bits per heavy atom. The fraction of sp³-hybridized carbons (Fsp3) is 0.438. The van der Waals surface area contributed by atoms with Crippen LogP contribution in [0.1, 0.15) is 75.3 Å². The van der Waals surface area contributed by atoms with Crippen LogP contribution in [0.5, 0.6) is 0 Å². The molecule has 5 nitrogen and oxygen atoms in total. The van der Waals surface area contributed by atoms with Crippen molar-refractivity contribution in [3.63, 3.8) is 0 Å². The average molecular weight is 606 g/mol. The van der Waals surface area contributed by atoms with E-state index in [0.717, 1.165) is 47.3 Å². The largest absolute Gasteiger partial charge is 0.330 e. The van der Waals surface area contributed by atoms with E-state index in [2.05, 4.69) is 29.6 Å². The minimum absolute atomic E-state index is 0. The van der Waals surface area contributed by atoms with Crippen LogP contribution in [-0.4, -0.2) is 22.6 Å². The normalized spacial score (nSPS) is 11.4. The summed E-state index contributed by atoms with van der Waals surface area (Å²) in [5, 5.41) is 6.64. The van der Waals surface area contributed by atoms with Gasteiger partial charge in [0.15, 0.2) is 0 Å². The van der Waals surface area contributed by atoms with E-state index < -0.39 is 0 Å². The number of rotatable bonds is 14. The van der Waals surface area contributed by atoms with Crippen LogP contribution in [0.3, 0.4) is 0 Å². The summed E-state index contributed by atoms with van der Waals surface area (Å²) in [4.78, 5) is 18.3. The van der Waals surface area contributed by atoms with Gasteiger partial charge in [0.2, 0.25) is 0 Å². The van der Waals surface area contributed by atoms with Crippen molar-refractivity contribution in [2.45, 2.75) is 77.3 Å². The molecule has 0 spiro atoms. The van der Waals surface area contributed by atoms with Crippen LogP contribution < -0.4 is 16.6 Å². The number of nitrogens with one attached hydrogen (secondary N) is 1. The second-order valence-electron chi connectivity index (χ2n) is 10.4. The molecule has 0 unspecified atom stereocenters. The predicted molar refractivity (Wildman–Crippen MR) is 177 cm³/mol. The molecular formula is C32H43Cl3N4O. The van der Waals surface area contributed by atoms with E-state index in [1.807, 2.05) is 34.9 Å². The first-order chi connectivity index (χ1) is 18.3. The highest BCUT2D eigenvalue weighted by molar-refractivity contribution is 5.91. The van der Waals surface area contributed by atoms with E-state index in [9.17, 15) is 4.79 Å². The minimum atomic E-state index is 0. The maximum Gasteiger partial charge on any atom is 0.259 e. The molecule has 0 atom stereocenters. The van der Waals surface area contributed by atoms with Crippen LogP contribution in [-0.2, 0) is 13.1 Å². The summed E-state index contributed by atoms with van der Waals surface area (Å²) >= 11 is 0. The van der Waals surface area contributed by atoms with E-state index in [4.69, 9.17) is 10.7 Å². The zero-order valence-electron chi connectivity index (χ0n) is 23.2. The zero-order chi connectivity index (χ0) is 25.5. The first kappa shape index (κ1) is 34.1. The first-order valence-electron chi connectivity index (χ1n) is 14.2. The molecule has 2 aromatic heterocycles. The predicted octanol–water partition coefficient (Wildman–Crippen LogP) is 7.79. The molecule has 0 aliphatic carbocycles. The van der Waals surface area contributed by atoms with Crippen molar-refractivity contribution < 1.29 is 0 Å². The summed E-state index contributed by atoms with van der Waals surface area (Å²) in [5.41, 5.74) is 11.0. The van der Waals surface area contributed by atoms with Crippen molar-refractivity contribution in [1.29, 1.82) is 0 Å². The summed E-state index contributed by atoms with van der Waals surface area (Å²) in [6, 6.07) is 18.4. The Morgan fingerprint density at radius 3 is 2.08 bits per heavy atom. The molecular weight excluding hydrogens is 563 g/mol. The molecule has 8 heteroatoms. The number of pyridine rings is 2. The van der Waals surface area contributed by atoms with Crippen LogP contribution in [0.4, 0.5) is 0 Å². The van der Waals surface area contributed by atoms with E-state index >= 15 is 0 Å². The van der Waals surface area contributed by atoms with Gasteiger partial charge in [-0.3, -0.25) is 4.79 Å². The number of fused-ring (bicyclic) bond motifs is 5. The molecule has 0 radical (unpaired) electrons. The Bertz CT molecular complexity index is 1420. The number of hydrogen-bond donors (Lipinski definition) is 2. The monoisotopic (exact) mass is 604 g/mol. The van der Waals surface area contributed by atoms with Gasteiger partial charge in [-0.2, -0.15) is 0 Å². The fourth-order valence-electron chi connectivity index (χ4n) is 5.73. The summed E-state index contributed by atoms with van der Waals surface area (Å²) in [6.45, 7) is 3.24. The van der Waals surface area contributed by atoms with Crippen molar-refractivity contribution in [1.82, 2.24) is 14.9 Å². The van der Waals surface area contributed by atoms with E-state index in [-0.39, 0.29) is 42.8 Å². The fourth-order valence-corrected chi connectivity index (χ4v) is 5.73. The van der Waals surface area contributed by atoms with Gasteiger partial charge in [-0.05, 0) is 55.1 Å². The van der Waals surface area contributed by atoms with Crippen LogP contribution in [0.25, 0.3) is 33.1 Å². The molecule has 1 aliphatic rings. The van der Waals surface area contributed by atoms with Gasteiger partial charge in [0.25, 0.3) is 5.56 Å². The number of nitrogens with two attached hydrogens (primary N) is 1. The van der Waals surface area contributed by atoms with E-state index in [1.54, 1.807) is 0 Å². The van der Waals surface area contributed by atoms with Gasteiger partial charge >= 0.3 is 0 Å². The summed E-state index contributed by atoms with van der Waals surface area (Å²) in [7, 11) is 0. The molecule has 4 aromatic rings. The topological polar surface area (TPSA) is 72.9 Å². The molecule has 0 amide bonds. The van der Waals surface area contributed by atoms with Crippen LogP contribution in [0.2, 0.25) is 0 Å². The standard InChI is InChI=1S/C32H40N4O.3ClH/c33-19-13-7-5-3-1-2-4-6-8-14-20-34-22-27-26-17-11-12-18-29(26)35-31-28(27)23-36-30(31)21-24-15-9-10-16-25(24)32(36)37;;;/h9-12,15-18,21,34H,1-8,13-14,19-20,22-23,33H2;3*1H. The number of nitrogens with zero attached hydrogens (tertiary/aromatic N) is 2. The molecule has 1 aliphatic heterocycles. The van der Waals surface area contributed by atoms with Crippen LogP contribution in [0, 0.1) is 0 Å². The number of hydrogen-bond acceptors (Lipinski definition) is 4. The maximum absolute atomic E-state index is 13.3. The average Bonchev–Trinajstić information content (AvgIpc) is 3.29. The summed E-state index contributed by atoms with van der Waals surface area (Å²) in [6.07, 6.45) is 13.0. The third-order valence-corrected chi connectivity index (χ3v) is 7.80. The molecule has 218 valence electrons. The van der Waals surface area contributed by atoms with Gasteiger partial charge in [0.05, 0.1) is 23.4 Å². The Hall–Kier alpha value is -2.15. The van der Waals surface area contributed by atoms with E-state index in [0.29, 0.717) is 6.54 Å². The lowest BCUT2D eigenvalue weighted by molar-refractivity contribution is 0.541. The van der Waals surface area contributed by atoms with Gasteiger partial charge in [-0.15, -0.1) is 37.2 Å². The zero-order valence-corrected chi connectivity index (χ0v) is 25.6. The lowest BCUT2D eigenvalue weighted by Gasteiger charge is -2.13. The van der Waals surface area contributed by atoms with Crippen molar-refractivity contribution >= 4 is 58.9 Å². The van der Waals surface area contributed by atoms with Crippen LogP contribution >= 0.6 is 37.2 Å². The van der Waals surface area contributed by atoms with Crippen molar-refractivity contribution in [3.05, 3.63) is 76.1 Å². The summed E-state index contributed by atoms with van der Waals surface area (Å²) < 4.78 is 1.90. The first-order valence-corrected chi connectivity index (χ1v) is 14.2. The quantitative estimate of drug-likeness (QED) is 0.127. The Morgan fingerprint density at radius 2 is 1.38 bits per heavy atom. The molecule has 3 heterocycles. The van der Waals surface area contributed by atoms with Gasteiger partial charge in [-0.1, -0.05) is 87.8 Å². The second kappa shape index (κ2) is 17.0. The number of benzene rings is 2. The van der Waals surface area contributed by atoms with Gasteiger partial charge in [0, 0.05) is 22.9 Å². The Kier molecular flexibility index (Phi) is 14.4. The van der Waals surface area contributed by atoms with Crippen molar-refractivity contribution in [3.8, 4) is 11.4 Å². The smallest absolute Gasteiger partial charge is 0.259 e. The second-order valence-corrected chi connectivity index (χ2v) is 10.4. The van der Waals surface area contributed by atoms with Gasteiger partial charge in [-0.25, -0.2) is 4.98 Å². The van der Waals surface area contributed by atoms with Crippen molar-refractivity contribution in [2.75, 3.05) is 13.1 Å². The molecule has 5 rings (SSSR count). The number of para-hydroxylation sites is 1. The van der Waals surface area contributed by atoms with Gasteiger partial charge < -0.3 is 15.6 Å². The Labute approximate surface area is 256 Å². The third kappa shape index (κ3) is 7.77. The maximum atomic E-state index is 13.3. The molecule has 0 saturated carbocycles. The third-order valence-electron chi connectivity index (χ3n) is 7.80. The molecule has 0 saturated heterocycles. The van der Waals surface area contributed by atoms with Gasteiger partial charge in [0.1, 0.15) is 0 Å². The van der Waals surface area contributed by atoms with E-state index in [1.165, 1.54) is 80.7 Å². The number of unbranched alkanes of at least 4 members (excludes halogenated alkanes) is 9. The lowest BCUT2D eigenvalue weighted by Crippen LogP contribution is -2.20. The van der Waals surface area contributed by atoms with Crippen LogP contribution in [0.15, 0.2) is 59.4 Å². The molecule has 0 bridgehead atoms. The number of halogens is 3.